The number of benzene rings is 3. The summed E-state index contributed by atoms with van der Waals surface area (Å²) in [6, 6.07) is 20.7. The van der Waals surface area contributed by atoms with Crippen LogP contribution in [0, 0.1) is 10.1 Å². The molecule has 0 aliphatic carbocycles. The zero-order valence-electron chi connectivity index (χ0n) is 15.3. The van der Waals surface area contributed by atoms with Gasteiger partial charge >= 0.3 is 0 Å². The lowest BCUT2D eigenvalue weighted by atomic mass is 10.2. The van der Waals surface area contributed by atoms with E-state index in [0.717, 1.165) is 11.6 Å². The average molecular weight is 422 g/mol. The largest absolute Gasteiger partial charge is 0.416 e. The number of aromatic nitrogens is 2. The molecule has 10 heteroatoms. The highest BCUT2D eigenvalue weighted by Crippen LogP contribution is 2.27. The minimum absolute atomic E-state index is 0.236. The summed E-state index contributed by atoms with van der Waals surface area (Å²) in [6.45, 7) is 0. The van der Waals surface area contributed by atoms with E-state index < -0.39 is 25.5 Å². The van der Waals surface area contributed by atoms with Crippen molar-refractivity contribution in [3.05, 3.63) is 89.0 Å². The molecule has 1 aromatic heterocycles. The Morgan fingerprint density at radius 1 is 0.800 bits per heavy atom. The Morgan fingerprint density at radius 2 is 1.37 bits per heavy atom. The molecule has 0 aliphatic rings. The van der Waals surface area contributed by atoms with Gasteiger partial charge in [-0.05, 0) is 42.5 Å². The maximum atomic E-state index is 12.6. The maximum absolute atomic E-state index is 12.6. The van der Waals surface area contributed by atoms with Crippen LogP contribution < -0.4 is 4.72 Å². The summed E-state index contributed by atoms with van der Waals surface area (Å²) < 4.78 is 33.2. The topological polar surface area (TPSA) is 128 Å². The lowest BCUT2D eigenvalue weighted by molar-refractivity contribution is -0.387. The summed E-state index contributed by atoms with van der Waals surface area (Å²) in [6.07, 6.45) is 0. The van der Waals surface area contributed by atoms with Gasteiger partial charge in [-0.3, -0.25) is 14.8 Å². The van der Waals surface area contributed by atoms with E-state index in [-0.39, 0.29) is 11.6 Å². The Balaban J connectivity index is 1.56. The van der Waals surface area contributed by atoms with Gasteiger partial charge in [-0.25, -0.2) is 8.42 Å². The van der Waals surface area contributed by atoms with Crippen molar-refractivity contribution in [2.24, 2.45) is 0 Å². The molecule has 0 saturated heterocycles. The van der Waals surface area contributed by atoms with Crippen LogP contribution in [0.2, 0.25) is 0 Å². The number of nitro benzene ring substituents is 1. The zero-order chi connectivity index (χ0) is 21.1. The molecule has 0 unspecified atom stereocenters. The van der Waals surface area contributed by atoms with Gasteiger partial charge in [0.1, 0.15) is 0 Å². The molecule has 0 aliphatic heterocycles. The molecule has 0 radical (unpaired) electrons. The Bertz CT molecular complexity index is 1300. The number of para-hydroxylation sites is 1. The zero-order valence-corrected chi connectivity index (χ0v) is 16.1. The third-order valence-electron chi connectivity index (χ3n) is 4.18. The van der Waals surface area contributed by atoms with Crippen molar-refractivity contribution in [1.29, 1.82) is 0 Å². The highest BCUT2D eigenvalue weighted by molar-refractivity contribution is 7.92. The molecule has 4 aromatic rings. The molecule has 0 bridgehead atoms. The van der Waals surface area contributed by atoms with Gasteiger partial charge in [-0.1, -0.05) is 30.3 Å². The fourth-order valence-electron chi connectivity index (χ4n) is 2.76. The van der Waals surface area contributed by atoms with Crippen molar-refractivity contribution in [2.75, 3.05) is 4.72 Å². The minimum atomic E-state index is -4.14. The van der Waals surface area contributed by atoms with Crippen LogP contribution >= 0.6 is 0 Å². The normalized spacial score (nSPS) is 11.2. The van der Waals surface area contributed by atoms with Crippen LogP contribution in [0.5, 0.6) is 0 Å². The molecular formula is C20H14N4O5S. The van der Waals surface area contributed by atoms with Gasteiger partial charge in [0, 0.05) is 22.9 Å². The first kappa shape index (κ1) is 19.3. The number of nitrogens with one attached hydrogen (secondary N) is 1. The Kier molecular flexibility index (Phi) is 4.98. The van der Waals surface area contributed by atoms with Crippen LogP contribution in [-0.4, -0.2) is 23.5 Å². The summed E-state index contributed by atoms with van der Waals surface area (Å²) >= 11 is 0. The molecule has 1 heterocycles. The van der Waals surface area contributed by atoms with Crippen molar-refractivity contribution in [3.8, 4) is 22.9 Å². The number of rotatable bonds is 6. The van der Waals surface area contributed by atoms with Crippen molar-refractivity contribution >= 4 is 21.4 Å². The van der Waals surface area contributed by atoms with E-state index in [2.05, 4.69) is 14.9 Å². The monoisotopic (exact) mass is 422 g/mol. The second-order valence-corrected chi connectivity index (χ2v) is 7.84. The Hall–Kier alpha value is -4.05. The second-order valence-electron chi connectivity index (χ2n) is 6.19. The summed E-state index contributed by atoms with van der Waals surface area (Å²) in [5, 5.41) is 19.2. The van der Waals surface area contributed by atoms with E-state index in [1.54, 1.807) is 12.1 Å². The molecule has 4 rings (SSSR count). The van der Waals surface area contributed by atoms with Crippen LogP contribution in [0.15, 0.2) is 88.2 Å². The number of sulfonamides is 1. The van der Waals surface area contributed by atoms with Crippen molar-refractivity contribution in [1.82, 2.24) is 10.2 Å². The molecule has 3 aromatic carbocycles. The summed E-state index contributed by atoms with van der Waals surface area (Å²) in [5.74, 6) is 0.647. The fraction of sp³-hybridized carbons (Fsp3) is 0. The molecule has 9 nitrogen and oxygen atoms in total. The lowest BCUT2D eigenvalue weighted by Crippen LogP contribution is -2.14. The third-order valence-corrected chi connectivity index (χ3v) is 5.61. The van der Waals surface area contributed by atoms with E-state index in [1.807, 2.05) is 30.3 Å². The van der Waals surface area contributed by atoms with Gasteiger partial charge in [-0.2, -0.15) is 0 Å². The van der Waals surface area contributed by atoms with Gasteiger partial charge in [0.05, 0.1) is 4.92 Å². The lowest BCUT2D eigenvalue weighted by Gasteiger charge is -2.08. The predicted molar refractivity (Wildman–Crippen MR) is 109 cm³/mol. The molecule has 0 amide bonds. The second kappa shape index (κ2) is 7.76. The van der Waals surface area contributed by atoms with Crippen molar-refractivity contribution in [3.63, 3.8) is 0 Å². The number of nitro groups is 1. The van der Waals surface area contributed by atoms with Gasteiger partial charge in [0.15, 0.2) is 4.90 Å². The highest BCUT2D eigenvalue weighted by atomic mass is 32.2. The molecule has 0 atom stereocenters. The highest BCUT2D eigenvalue weighted by Gasteiger charge is 2.25. The van der Waals surface area contributed by atoms with Gasteiger partial charge < -0.3 is 4.42 Å². The summed E-state index contributed by atoms with van der Waals surface area (Å²) in [7, 11) is -4.14. The molecular weight excluding hydrogens is 408 g/mol. The van der Waals surface area contributed by atoms with Crippen LogP contribution in [0.3, 0.4) is 0 Å². The molecule has 150 valence electrons. The standard InChI is InChI=1S/C20H14N4O5S/c25-24(26)17-8-4-5-9-18(17)30(27,28)23-16-12-10-15(11-13-16)20-22-21-19(29-20)14-6-2-1-3-7-14/h1-13,23H. The van der Waals surface area contributed by atoms with Crippen molar-refractivity contribution < 1.29 is 17.8 Å². The third kappa shape index (κ3) is 3.89. The molecule has 30 heavy (non-hydrogen) atoms. The quantitative estimate of drug-likeness (QED) is 0.366. The minimum Gasteiger partial charge on any atom is -0.416 e. The van der Waals surface area contributed by atoms with Crippen molar-refractivity contribution in [2.45, 2.75) is 4.90 Å². The first-order valence-corrected chi connectivity index (χ1v) is 10.2. The maximum Gasteiger partial charge on any atom is 0.289 e. The molecule has 1 N–H and O–H groups in total. The van der Waals surface area contributed by atoms with Gasteiger partial charge in [-0.15, -0.1) is 10.2 Å². The molecule has 0 fully saturated rings. The van der Waals surface area contributed by atoms with Crippen LogP contribution in [0.1, 0.15) is 0 Å². The van der Waals surface area contributed by atoms with Crippen LogP contribution in [0.4, 0.5) is 11.4 Å². The molecule has 0 spiro atoms. The number of hydrogen-bond donors (Lipinski definition) is 1. The summed E-state index contributed by atoms with van der Waals surface area (Å²) in [4.78, 5) is 9.96. The SMILES string of the molecule is O=[N+]([O-])c1ccccc1S(=O)(=O)Nc1ccc(-c2nnc(-c3ccccc3)o2)cc1. The van der Waals surface area contributed by atoms with E-state index in [1.165, 1.54) is 30.3 Å². The first-order valence-electron chi connectivity index (χ1n) is 8.70. The first-order chi connectivity index (χ1) is 14.4. The summed E-state index contributed by atoms with van der Waals surface area (Å²) in [5.41, 5.74) is 1.11. The number of hydrogen-bond acceptors (Lipinski definition) is 7. The van der Waals surface area contributed by atoms with E-state index in [4.69, 9.17) is 4.42 Å². The van der Waals surface area contributed by atoms with Crippen LogP contribution in [-0.2, 0) is 10.0 Å². The van der Waals surface area contributed by atoms with E-state index in [0.29, 0.717) is 11.5 Å². The van der Waals surface area contributed by atoms with E-state index in [9.17, 15) is 18.5 Å². The van der Waals surface area contributed by atoms with Gasteiger partial charge in [0.25, 0.3) is 15.7 Å². The molecule has 0 saturated carbocycles. The van der Waals surface area contributed by atoms with Crippen LogP contribution in [0.25, 0.3) is 22.9 Å². The predicted octanol–water partition coefficient (Wildman–Crippen LogP) is 4.11. The number of anilines is 1. The Morgan fingerprint density at radius 3 is 2.00 bits per heavy atom. The number of nitrogens with zero attached hydrogens (tertiary/aromatic N) is 3. The Labute approximate surface area is 171 Å². The average Bonchev–Trinajstić information content (AvgIpc) is 3.25. The smallest absolute Gasteiger partial charge is 0.289 e. The van der Waals surface area contributed by atoms with Gasteiger partial charge in [0.2, 0.25) is 11.8 Å². The fourth-order valence-corrected chi connectivity index (χ4v) is 4.00. The van der Waals surface area contributed by atoms with E-state index >= 15 is 0 Å².